The van der Waals surface area contributed by atoms with Gasteiger partial charge >= 0.3 is 0 Å². The molecule has 5 heteroatoms. The molecule has 2 aromatic heterocycles. The Kier molecular flexibility index (Phi) is 5.46. The second kappa shape index (κ2) is 7.11. The van der Waals surface area contributed by atoms with Crippen molar-refractivity contribution >= 4 is 33.0 Å². The summed E-state index contributed by atoms with van der Waals surface area (Å²) < 4.78 is 0.886. The topological polar surface area (TPSA) is 33.2 Å². The molecule has 2 heterocycles. The number of carbonyl (C=O) groups excluding carboxylic acids is 1. The van der Waals surface area contributed by atoms with Crippen molar-refractivity contribution in [3.63, 3.8) is 0 Å². The lowest BCUT2D eigenvalue weighted by Crippen LogP contribution is -2.29. The van der Waals surface area contributed by atoms with Crippen molar-refractivity contribution in [2.75, 3.05) is 13.1 Å². The Balaban J connectivity index is 2.02. The number of pyridine rings is 1. The van der Waals surface area contributed by atoms with Crippen LogP contribution in [0.1, 0.15) is 28.0 Å². The number of Topliss-reactive ketones (excluding diaryl/α,β-unsaturated/α-hetero) is 1. The number of likely N-dealkylation sites (N-methyl/N-ethyl adjacent to an activating group) is 1. The second-order valence-corrected chi connectivity index (χ2v) is 6.36. The quantitative estimate of drug-likeness (QED) is 0.738. The summed E-state index contributed by atoms with van der Waals surface area (Å²) in [6.07, 6.45) is 0. The summed E-state index contributed by atoms with van der Waals surface area (Å²) in [5, 5.41) is 1.93. The Morgan fingerprint density at radius 2 is 2.20 bits per heavy atom. The van der Waals surface area contributed by atoms with Gasteiger partial charge in [0.25, 0.3) is 0 Å². The molecule has 0 spiro atoms. The smallest absolute Gasteiger partial charge is 0.187 e. The molecule has 0 atom stereocenters. The van der Waals surface area contributed by atoms with Crippen molar-refractivity contribution in [2.45, 2.75) is 20.4 Å². The van der Waals surface area contributed by atoms with Gasteiger partial charge in [-0.25, -0.2) is 0 Å². The highest BCUT2D eigenvalue weighted by Crippen LogP contribution is 2.23. The molecule has 20 heavy (non-hydrogen) atoms. The van der Waals surface area contributed by atoms with Crippen LogP contribution in [0.5, 0.6) is 0 Å². The number of thiophene rings is 1. The van der Waals surface area contributed by atoms with Gasteiger partial charge in [-0.15, -0.1) is 11.3 Å². The van der Waals surface area contributed by atoms with E-state index >= 15 is 0 Å². The van der Waals surface area contributed by atoms with Crippen molar-refractivity contribution in [2.24, 2.45) is 0 Å². The highest BCUT2D eigenvalue weighted by atomic mass is 79.9. The number of ketones is 1. The van der Waals surface area contributed by atoms with Crippen LogP contribution in [0, 0.1) is 6.92 Å². The highest BCUT2D eigenvalue weighted by Gasteiger charge is 2.15. The van der Waals surface area contributed by atoms with Crippen LogP contribution in [-0.2, 0) is 6.54 Å². The van der Waals surface area contributed by atoms with Gasteiger partial charge in [-0.2, -0.15) is 0 Å². The molecule has 0 N–H and O–H groups in total. The van der Waals surface area contributed by atoms with Crippen LogP contribution in [-0.4, -0.2) is 28.8 Å². The molecule has 0 bridgehead atoms. The standard InChI is InChI=1S/C15H17BrN2OS/c1-3-18(9-12-6-4-5-11(2)17-12)10-14(19)15-13(16)7-8-20-15/h4-8H,3,9-10H2,1-2H3. The van der Waals surface area contributed by atoms with Gasteiger partial charge in [0.15, 0.2) is 5.78 Å². The van der Waals surface area contributed by atoms with E-state index in [0.29, 0.717) is 13.1 Å². The summed E-state index contributed by atoms with van der Waals surface area (Å²) >= 11 is 4.89. The zero-order valence-corrected chi connectivity index (χ0v) is 14.0. The van der Waals surface area contributed by atoms with Gasteiger partial charge < -0.3 is 0 Å². The van der Waals surface area contributed by atoms with Crippen molar-refractivity contribution in [1.29, 1.82) is 0 Å². The molecule has 0 fully saturated rings. The summed E-state index contributed by atoms with van der Waals surface area (Å²) in [7, 11) is 0. The van der Waals surface area contributed by atoms with E-state index in [4.69, 9.17) is 0 Å². The predicted molar refractivity (Wildman–Crippen MR) is 86.3 cm³/mol. The number of nitrogens with zero attached hydrogens (tertiary/aromatic N) is 2. The molecule has 0 aliphatic heterocycles. The maximum Gasteiger partial charge on any atom is 0.187 e. The van der Waals surface area contributed by atoms with Crippen molar-refractivity contribution < 1.29 is 4.79 Å². The summed E-state index contributed by atoms with van der Waals surface area (Å²) in [6.45, 7) is 5.99. The molecule has 0 unspecified atom stereocenters. The fraction of sp³-hybridized carbons (Fsp3) is 0.333. The van der Waals surface area contributed by atoms with E-state index < -0.39 is 0 Å². The fourth-order valence-corrected chi connectivity index (χ4v) is 3.49. The lowest BCUT2D eigenvalue weighted by Gasteiger charge is -2.19. The van der Waals surface area contributed by atoms with Crippen LogP contribution in [0.2, 0.25) is 0 Å². The first-order valence-electron chi connectivity index (χ1n) is 6.51. The average molecular weight is 353 g/mol. The maximum atomic E-state index is 12.3. The molecular weight excluding hydrogens is 336 g/mol. The van der Waals surface area contributed by atoms with E-state index in [1.165, 1.54) is 11.3 Å². The number of aryl methyl sites for hydroxylation is 1. The number of rotatable bonds is 6. The average Bonchev–Trinajstić information content (AvgIpc) is 2.84. The van der Waals surface area contributed by atoms with Crippen LogP contribution >= 0.6 is 27.3 Å². The SMILES string of the molecule is CCN(CC(=O)c1sccc1Br)Cc1cccc(C)n1. The van der Waals surface area contributed by atoms with Gasteiger partial charge in [0.1, 0.15) is 0 Å². The second-order valence-electron chi connectivity index (χ2n) is 4.59. The predicted octanol–water partition coefficient (Wildman–Crippen LogP) is 3.92. The molecule has 0 amide bonds. The van der Waals surface area contributed by atoms with Crippen LogP contribution in [0.4, 0.5) is 0 Å². The van der Waals surface area contributed by atoms with Crippen molar-refractivity contribution in [3.8, 4) is 0 Å². The molecule has 0 saturated carbocycles. The molecule has 2 aromatic rings. The lowest BCUT2D eigenvalue weighted by atomic mass is 10.2. The lowest BCUT2D eigenvalue weighted by molar-refractivity contribution is 0.0932. The molecule has 2 rings (SSSR count). The molecular formula is C15H17BrN2OS. The first-order valence-corrected chi connectivity index (χ1v) is 8.18. The summed E-state index contributed by atoms with van der Waals surface area (Å²) in [6, 6.07) is 7.90. The van der Waals surface area contributed by atoms with E-state index in [-0.39, 0.29) is 5.78 Å². The minimum Gasteiger partial charge on any atom is -0.292 e. The third kappa shape index (κ3) is 3.98. The van der Waals surface area contributed by atoms with Crippen LogP contribution in [0.25, 0.3) is 0 Å². The van der Waals surface area contributed by atoms with E-state index in [1.807, 2.05) is 36.6 Å². The molecule has 106 valence electrons. The van der Waals surface area contributed by atoms with Gasteiger partial charge in [-0.3, -0.25) is 14.7 Å². The third-order valence-corrected chi connectivity index (χ3v) is 4.90. The number of halogens is 1. The summed E-state index contributed by atoms with van der Waals surface area (Å²) in [5.41, 5.74) is 2.01. The Labute approximate surface area is 131 Å². The van der Waals surface area contributed by atoms with E-state index in [2.05, 4.69) is 32.7 Å². The largest absolute Gasteiger partial charge is 0.292 e. The van der Waals surface area contributed by atoms with E-state index in [9.17, 15) is 4.79 Å². The molecule has 0 saturated heterocycles. The third-order valence-electron chi connectivity index (χ3n) is 3.02. The molecule has 0 aliphatic carbocycles. The Bertz CT molecular complexity index is 597. The van der Waals surface area contributed by atoms with Gasteiger partial charge in [0.05, 0.1) is 17.1 Å². The minimum atomic E-state index is 0.154. The van der Waals surface area contributed by atoms with Crippen LogP contribution < -0.4 is 0 Å². The Morgan fingerprint density at radius 1 is 1.40 bits per heavy atom. The van der Waals surface area contributed by atoms with Crippen molar-refractivity contribution in [3.05, 3.63) is 50.4 Å². The normalized spacial score (nSPS) is 11.0. The van der Waals surface area contributed by atoms with Crippen LogP contribution in [0.3, 0.4) is 0 Å². The molecule has 0 aromatic carbocycles. The fourth-order valence-electron chi connectivity index (χ4n) is 1.96. The first kappa shape index (κ1) is 15.4. The Hall–Kier alpha value is -1.04. The first-order chi connectivity index (χ1) is 9.60. The number of carbonyl (C=O) groups is 1. The molecule has 0 radical (unpaired) electrons. The van der Waals surface area contributed by atoms with Crippen LogP contribution in [0.15, 0.2) is 34.1 Å². The number of hydrogen-bond acceptors (Lipinski definition) is 4. The monoisotopic (exact) mass is 352 g/mol. The summed E-state index contributed by atoms with van der Waals surface area (Å²) in [4.78, 5) is 19.7. The molecule has 3 nitrogen and oxygen atoms in total. The van der Waals surface area contributed by atoms with Gasteiger partial charge in [0, 0.05) is 16.7 Å². The maximum absolute atomic E-state index is 12.3. The zero-order valence-electron chi connectivity index (χ0n) is 11.6. The summed E-state index contributed by atoms with van der Waals surface area (Å²) in [5.74, 6) is 0.154. The minimum absolute atomic E-state index is 0.154. The van der Waals surface area contributed by atoms with Gasteiger partial charge in [-0.1, -0.05) is 13.0 Å². The number of hydrogen-bond donors (Lipinski definition) is 0. The Morgan fingerprint density at radius 3 is 2.80 bits per heavy atom. The molecule has 0 aliphatic rings. The van der Waals surface area contributed by atoms with Crippen molar-refractivity contribution in [1.82, 2.24) is 9.88 Å². The number of aromatic nitrogens is 1. The highest BCUT2D eigenvalue weighted by molar-refractivity contribution is 9.10. The van der Waals surface area contributed by atoms with E-state index in [1.54, 1.807) is 0 Å². The van der Waals surface area contributed by atoms with Gasteiger partial charge in [0.2, 0.25) is 0 Å². The van der Waals surface area contributed by atoms with Gasteiger partial charge in [-0.05, 0) is 53.0 Å². The van der Waals surface area contributed by atoms with E-state index in [0.717, 1.165) is 27.3 Å². The zero-order chi connectivity index (χ0) is 14.5.